The van der Waals surface area contributed by atoms with E-state index in [-0.39, 0.29) is 21.5 Å². The molecular formula is C22H30Cl2N4O4. The Balaban J connectivity index is 1.61. The van der Waals surface area contributed by atoms with Gasteiger partial charge >= 0.3 is 5.97 Å². The predicted molar refractivity (Wildman–Crippen MR) is 126 cm³/mol. The first-order valence-electron chi connectivity index (χ1n) is 10.8. The molecule has 0 saturated carbocycles. The summed E-state index contributed by atoms with van der Waals surface area (Å²) < 4.78 is 0. The highest BCUT2D eigenvalue weighted by Crippen LogP contribution is 2.24. The molecule has 1 aliphatic heterocycles. The lowest BCUT2D eigenvalue weighted by Gasteiger charge is -2.22. The Morgan fingerprint density at radius 3 is 2.41 bits per heavy atom. The molecule has 0 unspecified atom stereocenters. The molecule has 32 heavy (non-hydrogen) atoms. The van der Waals surface area contributed by atoms with E-state index in [4.69, 9.17) is 23.2 Å². The molecule has 2 rings (SSSR count). The Bertz CT molecular complexity index is 827. The second kappa shape index (κ2) is 13.3. The summed E-state index contributed by atoms with van der Waals surface area (Å²) in [4.78, 5) is 41.7. The van der Waals surface area contributed by atoms with Crippen LogP contribution in [0.4, 0.5) is 0 Å². The number of aliphatic carboxylic acids is 1. The Kier molecular flexibility index (Phi) is 10.8. The van der Waals surface area contributed by atoms with Crippen molar-refractivity contribution < 1.29 is 19.5 Å². The third-order valence-electron chi connectivity index (χ3n) is 5.26. The Labute approximate surface area is 198 Å². The predicted octanol–water partition coefficient (Wildman–Crippen LogP) is 3.37. The van der Waals surface area contributed by atoms with Crippen molar-refractivity contribution in [1.29, 1.82) is 0 Å². The number of unbranched alkanes of at least 4 members (excludes halogenated alkanes) is 5. The van der Waals surface area contributed by atoms with E-state index in [0.717, 1.165) is 32.1 Å². The van der Waals surface area contributed by atoms with Crippen LogP contribution in [-0.4, -0.2) is 66.3 Å². The summed E-state index contributed by atoms with van der Waals surface area (Å²) >= 11 is 12.0. The van der Waals surface area contributed by atoms with Gasteiger partial charge in [0.1, 0.15) is 6.04 Å². The Morgan fingerprint density at radius 1 is 1.12 bits per heavy atom. The molecule has 1 atom stereocenters. The van der Waals surface area contributed by atoms with Crippen molar-refractivity contribution in [3.05, 3.63) is 33.8 Å². The van der Waals surface area contributed by atoms with Crippen molar-refractivity contribution in [1.82, 2.24) is 15.5 Å². The number of carboxylic acids is 1. The lowest BCUT2D eigenvalue weighted by molar-refractivity contribution is -0.139. The fourth-order valence-corrected chi connectivity index (χ4v) is 3.95. The van der Waals surface area contributed by atoms with E-state index >= 15 is 0 Å². The van der Waals surface area contributed by atoms with Gasteiger partial charge in [-0.05, 0) is 25.0 Å². The molecule has 0 saturated heterocycles. The molecule has 2 amide bonds. The molecule has 10 heteroatoms. The summed E-state index contributed by atoms with van der Waals surface area (Å²) in [5, 5.41) is 15.4. The van der Waals surface area contributed by atoms with Gasteiger partial charge in [-0.25, -0.2) is 4.79 Å². The minimum absolute atomic E-state index is 0.0619. The van der Waals surface area contributed by atoms with Gasteiger partial charge in [0.05, 0.1) is 22.2 Å². The first kappa shape index (κ1) is 25.9. The van der Waals surface area contributed by atoms with Crippen molar-refractivity contribution >= 4 is 46.8 Å². The van der Waals surface area contributed by atoms with Gasteiger partial charge in [-0.3, -0.25) is 14.6 Å². The van der Waals surface area contributed by atoms with E-state index < -0.39 is 17.9 Å². The molecule has 3 N–H and O–H groups in total. The number of hydrogen-bond donors (Lipinski definition) is 3. The average molecular weight is 485 g/mol. The van der Waals surface area contributed by atoms with E-state index in [9.17, 15) is 19.5 Å². The van der Waals surface area contributed by atoms with Gasteiger partial charge in [-0.1, -0.05) is 61.4 Å². The lowest BCUT2D eigenvalue weighted by Crippen LogP contribution is -2.45. The minimum Gasteiger partial charge on any atom is -0.480 e. The molecule has 1 aromatic rings. The first-order valence-corrected chi connectivity index (χ1v) is 11.6. The number of halogens is 2. The van der Waals surface area contributed by atoms with Crippen LogP contribution < -0.4 is 10.6 Å². The fourth-order valence-electron chi connectivity index (χ4n) is 3.38. The maximum Gasteiger partial charge on any atom is 0.326 e. The first-order chi connectivity index (χ1) is 15.3. The van der Waals surface area contributed by atoms with Crippen molar-refractivity contribution in [3.8, 4) is 0 Å². The number of benzene rings is 1. The monoisotopic (exact) mass is 484 g/mol. The van der Waals surface area contributed by atoms with Gasteiger partial charge in [0, 0.05) is 20.1 Å². The highest BCUT2D eigenvalue weighted by atomic mass is 35.5. The zero-order chi connectivity index (χ0) is 23.5. The van der Waals surface area contributed by atoms with Crippen LogP contribution in [0.1, 0.15) is 55.3 Å². The Morgan fingerprint density at radius 2 is 1.75 bits per heavy atom. The Hall–Kier alpha value is -2.32. The number of aliphatic imine (C=N–C) groups is 1. The second-order valence-corrected chi connectivity index (χ2v) is 8.57. The number of carbonyl (C=O) groups excluding carboxylic acids is 2. The SMILES string of the molecule is CN1CCN=C(NCCCCCCCC[C@H](NC(=O)c2c(Cl)cccc2Cl)C(=O)O)C1=O. The van der Waals surface area contributed by atoms with E-state index in [1.165, 1.54) is 12.1 Å². The summed E-state index contributed by atoms with van der Waals surface area (Å²) in [5.41, 5.74) is 0.0863. The van der Waals surface area contributed by atoms with Gasteiger partial charge in [0.25, 0.3) is 11.8 Å². The summed E-state index contributed by atoms with van der Waals surface area (Å²) in [7, 11) is 1.77. The number of carbonyl (C=O) groups is 3. The number of rotatable bonds is 12. The highest BCUT2D eigenvalue weighted by Gasteiger charge is 2.23. The maximum absolute atomic E-state index is 12.4. The zero-order valence-corrected chi connectivity index (χ0v) is 19.7. The largest absolute Gasteiger partial charge is 0.480 e. The van der Waals surface area contributed by atoms with E-state index in [0.29, 0.717) is 38.3 Å². The number of amidine groups is 1. The summed E-state index contributed by atoms with van der Waals surface area (Å²) in [6.07, 6.45) is 5.82. The third-order valence-corrected chi connectivity index (χ3v) is 5.89. The van der Waals surface area contributed by atoms with E-state index in [1.807, 2.05) is 0 Å². The van der Waals surface area contributed by atoms with Crippen molar-refractivity contribution in [2.24, 2.45) is 4.99 Å². The number of nitrogens with zero attached hydrogens (tertiary/aromatic N) is 2. The summed E-state index contributed by atoms with van der Waals surface area (Å²) in [6.45, 7) is 1.99. The van der Waals surface area contributed by atoms with Crippen LogP contribution in [0.25, 0.3) is 0 Å². The normalized spacial score (nSPS) is 14.7. The molecule has 0 radical (unpaired) electrons. The quantitative estimate of drug-likeness (QED) is 0.393. The van der Waals surface area contributed by atoms with Crippen LogP contribution in [0.5, 0.6) is 0 Å². The van der Waals surface area contributed by atoms with Crippen molar-refractivity contribution in [2.75, 3.05) is 26.7 Å². The molecular weight excluding hydrogens is 455 g/mol. The standard InChI is InChI=1S/C22H30Cl2N4O4/c1-28-14-13-26-19(21(28)30)25-12-7-5-3-2-4-6-11-17(22(31)32)27-20(29)18-15(23)9-8-10-16(18)24/h8-10,17H,2-7,11-14H2,1H3,(H,25,26)(H,27,29)(H,31,32)/t17-/m0/s1. The van der Waals surface area contributed by atoms with Gasteiger partial charge in [0.15, 0.2) is 5.84 Å². The van der Waals surface area contributed by atoms with Crippen LogP contribution in [0.3, 0.4) is 0 Å². The summed E-state index contributed by atoms with van der Waals surface area (Å²) in [5.74, 6) is -1.29. The van der Waals surface area contributed by atoms with Crippen LogP contribution in [0.2, 0.25) is 10.0 Å². The lowest BCUT2D eigenvalue weighted by atomic mass is 10.0. The van der Waals surface area contributed by atoms with E-state index in [1.54, 1.807) is 18.0 Å². The number of hydrogen-bond acceptors (Lipinski definition) is 5. The molecule has 1 heterocycles. The van der Waals surface area contributed by atoms with Crippen LogP contribution in [-0.2, 0) is 9.59 Å². The third kappa shape index (κ3) is 7.98. The van der Waals surface area contributed by atoms with Gasteiger partial charge < -0.3 is 20.6 Å². The molecule has 0 bridgehead atoms. The zero-order valence-electron chi connectivity index (χ0n) is 18.2. The molecule has 0 aromatic heterocycles. The number of amides is 2. The number of nitrogens with one attached hydrogen (secondary N) is 2. The van der Waals surface area contributed by atoms with Gasteiger partial charge in [-0.15, -0.1) is 0 Å². The van der Waals surface area contributed by atoms with E-state index in [2.05, 4.69) is 15.6 Å². The maximum atomic E-state index is 12.4. The number of likely N-dealkylation sites (N-methyl/N-ethyl adjacent to an activating group) is 1. The van der Waals surface area contributed by atoms with Gasteiger partial charge in [0.2, 0.25) is 0 Å². The van der Waals surface area contributed by atoms with Gasteiger partial charge in [-0.2, -0.15) is 0 Å². The molecule has 1 aromatic carbocycles. The second-order valence-electron chi connectivity index (χ2n) is 7.75. The molecule has 8 nitrogen and oxygen atoms in total. The highest BCUT2D eigenvalue weighted by molar-refractivity contribution is 6.39. The summed E-state index contributed by atoms with van der Waals surface area (Å²) in [6, 6.07) is 3.69. The average Bonchev–Trinajstić information content (AvgIpc) is 2.74. The topological polar surface area (TPSA) is 111 Å². The van der Waals surface area contributed by atoms with Crippen LogP contribution in [0.15, 0.2) is 23.2 Å². The smallest absolute Gasteiger partial charge is 0.326 e. The van der Waals surface area contributed by atoms with Crippen molar-refractivity contribution in [3.63, 3.8) is 0 Å². The number of carboxylic acid groups (broad SMARTS) is 1. The minimum atomic E-state index is -1.08. The fraction of sp³-hybridized carbons (Fsp3) is 0.545. The molecule has 0 fully saturated rings. The molecule has 0 aliphatic carbocycles. The van der Waals surface area contributed by atoms with Crippen LogP contribution >= 0.6 is 23.2 Å². The molecule has 1 aliphatic rings. The molecule has 176 valence electrons. The van der Waals surface area contributed by atoms with Crippen molar-refractivity contribution in [2.45, 2.75) is 51.0 Å². The molecule has 0 spiro atoms. The van der Waals surface area contributed by atoms with Crippen LogP contribution in [0, 0.1) is 0 Å².